The molecule has 0 heterocycles. The summed E-state index contributed by atoms with van der Waals surface area (Å²) < 4.78 is 0. The lowest BCUT2D eigenvalue weighted by atomic mass is 9.88. The van der Waals surface area contributed by atoms with Crippen LogP contribution in [0.1, 0.15) is 38.7 Å². The molecule has 0 spiro atoms. The first-order valence-electron chi connectivity index (χ1n) is 5.94. The first-order chi connectivity index (χ1) is 7.10. The highest BCUT2D eigenvalue weighted by Crippen LogP contribution is 2.52. The van der Waals surface area contributed by atoms with E-state index in [0.717, 1.165) is 11.6 Å². The highest BCUT2D eigenvalue weighted by Gasteiger charge is 2.42. The summed E-state index contributed by atoms with van der Waals surface area (Å²) in [7, 11) is 0. The van der Waals surface area contributed by atoms with Crippen LogP contribution >= 0.6 is 0 Å². The second kappa shape index (κ2) is 3.88. The van der Waals surface area contributed by atoms with Gasteiger partial charge in [-0.3, -0.25) is 0 Å². The van der Waals surface area contributed by atoms with Crippen molar-refractivity contribution in [2.75, 3.05) is 5.73 Å². The van der Waals surface area contributed by atoms with Crippen molar-refractivity contribution in [1.82, 2.24) is 0 Å². The fourth-order valence-corrected chi connectivity index (χ4v) is 2.56. The maximum atomic E-state index is 5.69. The van der Waals surface area contributed by atoms with Crippen LogP contribution in [0.4, 0.5) is 5.69 Å². The van der Waals surface area contributed by atoms with Crippen LogP contribution in [0.5, 0.6) is 0 Å². The van der Waals surface area contributed by atoms with Gasteiger partial charge in [0.2, 0.25) is 0 Å². The fraction of sp³-hybridized carbons (Fsp3) is 0.571. The molecule has 1 aliphatic rings. The van der Waals surface area contributed by atoms with E-state index in [4.69, 9.17) is 5.73 Å². The molecule has 1 heteroatoms. The van der Waals surface area contributed by atoms with E-state index in [0.29, 0.717) is 5.41 Å². The molecule has 82 valence electrons. The van der Waals surface area contributed by atoms with Crippen molar-refractivity contribution in [3.8, 4) is 0 Å². The first kappa shape index (κ1) is 10.5. The van der Waals surface area contributed by atoms with Crippen molar-refractivity contribution in [3.05, 3.63) is 29.8 Å². The van der Waals surface area contributed by atoms with Gasteiger partial charge in [-0.15, -0.1) is 0 Å². The monoisotopic (exact) mass is 203 g/mol. The Morgan fingerprint density at radius 3 is 2.27 bits per heavy atom. The van der Waals surface area contributed by atoms with Crippen LogP contribution in [0.2, 0.25) is 0 Å². The van der Waals surface area contributed by atoms with Crippen LogP contribution in [0.3, 0.4) is 0 Å². The topological polar surface area (TPSA) is 26.0 Å². The fourth-order valence-electron chi connectivity index (χ4n) is 2.56. The molecular weight excluding hydrogens is 182 g/mol. The lowest BCUT2D eigenvalue weighted by Crippen LogP contribution is -2.08. The maximum absolute atomic E-state index is 5.69. The van der Waals surface area contributed by atoms with Gasteiger partial charge < -0.3 is 5.73 Å². The number of benzene rings is 1. The molecule has 15 heavy (non-hydrogen) atoms. The molecule has 0 unspecified atom stereocenters. The second-order valence-corrected chi connectivity index (χ2v) is 5.52. The number of nitrogen functional groups attached to an aromatic ring is 1. The normalized spacial score (nSPS) is 18.1. The predicted octanol–water partition coefficient (Wildman–Crippen LogP) is 3.64. The molecule has 1 aromatic carbocycles. The standard InChI is InChI=1S/C14H21N/c1-11(2)9-14(7-8-14)10-12-3-5-13(15)6-4-12/h3-6,11H,7-10,15H2,1-2H3. The molecule has 2 N–H and O–H groups in total. The minimum atomic E-state index is 0.629. The minimum absolute atomic E-state index is 0.629. The summed E-state index contributed by atoms with van der Waals surface area (Å²) in [6.45, 7) is 4.64. The Labute approximate surface area is 92.7 Å². The van der Waals surface area contributed by atoms with Gasteiger partial charge in [0.1, 0.15) is 0 Å². The molecule has 0 atom stereocenters. The van der Waals surface area contributed by atoms with Gasteiger partial charge in [0, 0.05) is 5.69 Å². The Morgan fingerprint density at radius 1 is 1.20 bits per heavy atom. The van der Waals surface area contributed by atoms with E-state index in [1.54, 1.807) is 0 Å². The minimum Gasteiger partial charge on any atom is -0.399 e. The van der Waals surface area contributed by atoms with E-state index in [2.05, 4.69) is 26.0 Å². The van der Waals surface area contributed by atoms with Crippen molar-refractivity contribution >= 4 is 5.69 Å². The molecule has 1 aromatic rings. The van der Waals surface area contributed by atoms with Crippen molar-refractivity contribution < 1.29 is 0 Å². The molecule has 0 radical (unpaired) electrons. The lowest BCUT2D eigenvalue weighted by Gasteiger charge is -2.17. The zero-order valence-electron chi connectivity index (χ0n) is 9.79. The Morgan fingerprint density at radius 2 is 1.80 bits per heavy atom. The summed E-state index contributed by atoms with van der Waals surface area (Å²) in [6.07, 6.45) is 5.44. The molecule has 1 saturated carbocycles. The zero-order chi connectivity index (χ0) is 10.9. The Hall–Kier alpha value is -0.980. The third kappa shape index (κ3) is 2.74. The lowest BCUT2D eigenvalue weighted by molar-refractivity contribution is 0.387. The number of anilines is 1. The van der Waals surface area contributed by atoms with E-state index in [1.165, 1.54) is 31.2 Å². The molecule has 0 aliphatic heterocycles. The summed E-state index contributed by atoms with van der Waals surface area (Å²) in [4.78, 5) is 0. The smallest absolute Gasteiger partial charge is 0.0314 e. The molecule has 0 aromatic heterocycles. The summed E-state index contributed by atoms with van der Waals surface area (Å²) >= 11 is 0. The van der Waals surface area contributed by atoms with Crippen molar-refractivity contribution in [3.63, 3.8) is 0 Å². The predicted molar refractivity (Wildman–Crippen MR) is 65.7 cm³/mol. The summed E-state index contributed by atoms with van der Waals surface area (Å²) in [5.41, 5.74) is 8.63. The number of nitrogens with two attached hydrogens (primary N) is 1. The van der Waals surface area contributed by atoms with Crippen LogP contribution in [0, 0.1) is 11.3 Å². The van der Waals surface area contributed by atoms with Crippen LogP contribution < -0.4 is 5.73 Å². The summed E-state index contributed by atoms with van der Waals surface area (Å²) in [5.74, 6) is 0.821. The number of rotatable bonds is 4. The summed E-state index contributed by atoms with van der Waals surface area (Å²) in [5, 5.41) is 0. The molecule has 1 nitrogen and oxygen atoms in total. The zero-order valence-corrected chi connectivity index (χ0v) is 9.79. The van der Waals surface area contributed by atoms with E-state index in [9.17, 15) is 0 Å². The van der Waals surface area contributed by atoms with E-state index >= 15 is 0 Å². The molecule has 1 fully saturated rings. The largest absolute Gasteiger partial charge is 0.399 e. The van der Waals surface area contributed by atoms with Crippen molar-refractivity contribution in [2.45, 2.75) is 39.5 Å². The van der Waals surface area contributed by atoms with E-state index < -0.39 is 0 Å². The molecule has 0 saturated heterocycles. The van der Waals surface area contributed by atoms with Crippen LogP contribution in [-0.2, 0) is 6.42 Å². The number of hydrogen-bond donors (Lipinski definition) is 1. The highest BCUT2D eigenvalue weighted by molar-refractivity contribution is 5.39. The Balaban J connectivity index is 1.99. The van der Waals surface area contributed by atoms with E-state index in [1.807, 2.05) is 12.1 Å². The van der Waals surface area contributed by atoms with Gasteiger partial charge in [-0.1, -0.05) is 26.0 Å². The van der Waals surface area contributed by atoms with Gasteiger partial charge in [0.15, 0.2) is 0 Å². The van der Waals surface area contributed by atoms with Crippen molar-refractivity contribution in [2.24, 2.45) is 11.3 Å². The van der Waals surface area contributed by atoms with Crippen LogP contribution in [0.15, 0.2) is 24.3 Å². The molecular formula is C14H21N. The first-order valence-corrected chi connectivity index (χ1v) is 5.94. The molecule has 0 amide bonds. The molecule has 2 rings (SSSR count). The highest BCUT2D eigenvalue weighted by atomic mass is 14.5. The number of hydrogen-bond acceptors (Lipinski definition) is 1. The molecule has 0 bridgehead atoms. The van der Waals surface area contributed by atoms with Gasteiger partial charge in [-0.05, 0) is 54.7 Å². The second-order valence-electron chi connectivity index (χ2n) is 5.52. The summed E-state index contributed by atoms with van der Waals surface area (Å²) in [6, 6.07) is 8.38. The SMILES string of the molecule is CC(C)CC1(Cc2ccc(N)cc2)CC1. The Bertz CT molecular complexity index is 320. The average Bonchev–Trinajstić information content (AvgIpc) is 2.88. The quantitative estimate of drug-likeness (QED) is 0.743. The van der Waals surface area contributed by atoms with Gasteiger partial charge in [-0.2, -0.15) is 0 Å². The van der Waals surface area contributed by atoms with Gasteiger partial charge in [0.05, 0.1) is 0 Å². The average molecular weight is 203 g/mol. The van der Waals surface area contributed by atoms with Crippen LogP contribution in [0.25, 0.3) is 0 Å². The molecule has 1 aliphatic carbocycles. The van der Waals surface area contributed by atoms with Gasteiger partial charge in [-0.25, -0.2) is 0 Å². The maximum Gasteiger partial charge on any atom is 0.0314 e. The third-order valence-electron chi connectivity index (χ3n) is 3.36. The third-order valence-corrected chi connectivity index (χ3v) is 3.36. The van der Waals surface area contributed by atoms with Crippen LogP contribution in [-0.4, -0.2) is 0 Å². The van der Waals surface area contributed by atoms with Gasteiger partial charge >= 0.3 is 0 Å². The Kier molecular flexibility index (Phi) is 2.72. The van der Waals surface area contributed by atoms with Crippen molar-refractivity contribution in [1.29, 1.82) is 0 Å². The van der Waals surface area contributed by atoms with E-state index in [-0.39, 0.29) is 0 Å². The van der Waals surface area contributed by atoms with Gasteiger partial charge in [0.25, 0.3) is 0 Å².